The lowest BCUT2D eigenvalue weighted by Gasteiger charge is -2.10. The lowest BCUT2D eigenvalue weighted by molar-refractivity contribution is 0.102. The molecule has 6 heteroatoms. The monoisotopic (exact) mass is 296 g/mol. The smallest absolute Gasteiger partial charge is 0.257 e. The van der Waals surface area contributed by atoms with E-state index in [2.05, 4.69) is 5.32 Å². The maximum Gasteiger partial charge on any atom is 0.257 e. The van der Waals surface area contributed by atoms with Crippen LogP contribution in [0, 0.1) is 18.6 Å². The Bertz CT molecular complexity index is 689. The van der Waals surface area contributed by atoms with E-state index in [1.165, 1.54) is 31.2 Å². The van der Waals surface area contributed by atoms with Crippen LogP contribution in [0.5, 0.6) is 0 Å². The number of hydrogen-bond acceptors (Lipinski definition) is 2. The van der Waals surface area contributed by atoms with Gasteiger partial charge in [0.05, 0.1) is 16.3 Å². The van der Waals surface area contributed by atoms with Gasteiger partial charge in [0, 0.05) is 0 Å². The Labute approximate surface area is 119 Å². The Morgan fingerprint density at radius 2 is 1.95 bits per heavy atom. The van der Waals surface area contributed by atoms with Crippen molar-refractivity contribution < 1.29 is 13.6 Å². The molecule has 0 saturated carbocycles. The van der Waals surface area contributed by atoms with Gasteiger partial charge < -0.3 is 11.1 Å². The molecule has 0 aromatic heterocycles. The molecule has 1 amide bonds. The number of nitrogen functional groups attached to an aromatic ring is 1. The fourth-order valence-corrected chi connectivity index (χ4v) is 1.89. The Hall–Kier alpha value is -2.14. The number of rotatable bonds is 2. The van der Waals surface area contributed by atoms with E-state index in [1.54, 1.807) is 0 Å². The summed E-state index contributed by atoms with van der Waals surface area (Å²) in [5.74, 6) is -2.41. The van der Waals surface area contributed by atoms with Gasteiger partial charge in [-0.25, -0.2) is 8.78 Å². The minimum Gasteiger partial charge on any atom is -0.398 e. The fourth-order valence-electron chi connectivity index (χ4n) is 1.68. The molecule has 0 saturated heterocycles. The molecular weight excluding hydrogens is 286 g/mol. The zero-order chi connectivity index (χ0) is 14.9. The third-order valence-electron chi connectivity index (χ3n) is 2.80. The quantitative estimate of drug-likeness (QED) is 0.829. The summed E-state index contributed by atoms with van der Waals surface area (Å²) >= 11 is 5.89. The molecule has 3 N–H and O–H groups in total. The molecule has 0 aliphatic rings. The Kier molecular flexibility index (Phi) is 3.90. The van der Waals surface area contributed by atoms with E-state index in [-0.39, 0.29) is 21.8 Å². The third kappa shape index (κ3) is 2.58. The fraction of sp³-hybridized carbons (Fsp3) is 0.0714. The zero-order valence-electron chi connectivity index (χ0n) is 10.5. The number of nitrogens with two attached hydrogens (primary N) is 1. The molecule has 104 valence electrons. The second kappa shape index (κ2) is 5.46. The summed E-state index contributed by atoms with van der Waals surface area (Å²) < 4.78 is 27.4. The molecule has 0 unspecified atom stereocenters. The maximum atomic E-state index is 13.8. The topological polar surface area (TPSA) is 55.1 Å². The molecule has 0 aliphatic carbocycles. The number of benzene rings is 2. The van der Waals surface area contributed by atoms with Crippen LogP contribution >= 0.6 is 11.6 Å². The maximum absolute atomic E-state index is 13.8. The first-order valence-corrected chi connectivity index (χ1v) is 6.09. The highest BCUT2D eigenvalue weighted by Crippen LogP contribution is 2.26. The standard InChI is InChI=1S/C14H11ClF2N2O/c1-7-5-6-9(16)13(12(7)17)19-14(20)8-3-2-4-10(18)11(8)15/h2-6H,18H2,1H3,(H,19,20). The third-order valence-corrected chi connectivity index (χ3v) is 3.22. The highest BCUT2D eigenvalue weighted by molar-refractivity contribution is 6.36. The van der Waals surface area contributed by atoms with Crippen LogP contribution in [0.1, 0.15) is 15.9 Å². The molecule has 0 spiro atoms. The summed E-state index contributed by atoms with van der Waals surface area (Å²) in [6.45, 7) is 1.47. The second-order valence-electron chi connectivity index (χ2n) is 4.22. The minimum atomic E-state index is -0.860. The number of hydrogen-bond donors (Lipinski definition) is 2. The number of carbonyl (C=O) groups is 1. The van der Waals surface area contributed by atoms with E-state index in [1.807, 2.05) is 0 Å². The number of halogens is 3. The molecular formula is C14H11ClF2N2O. The molecule has 0 heterocycles. The van der Waals surface area contributed by atoms with Crippen molar-refractivity contribution in [2.45, 2.75) is 6.92 Å². The van der Waals surface area contributed by atoms with Gasteiger partial charge in [-0.2, -0.15) is 0 Å². The van der Waals surface area contributed by atoms with Crippen LogP contribution in [0.25, 0.3) is 0 Å². The number of anilines is 2. The van der Waals surface area contributed by atoms with Crippen LogP contribution in [0.15, 0.2) is 30.3 Å². The normalized spacial score (nSPS) is 10.4. The summed E-state index contributed by atoms with van der Waals surface area (Å²) in [6, 6.07) is 6.83. The van der Waals surface area contributed by atoms with Crippen LogP contribution < -0.4 is 11.1 Å². The van der Waals surface area contributed by atoms with Crippen LogP contribution in [-0.4, -0.2) is 5.91 Å². The van der Waals surface area contributed by atoms with E-state index < -0.39 is 23.2 Å². The van der Waals surface area contributed by atoms with E-state index >= 15 is 0 Å². The van der Waals surface area contributed by atoms with Crippen molar-refractivity contribution in [3.05, 3.63) is 58.1 Å². The van der Waals surface area contributed by atoms with Gasteiger partial charge in [0.25, 0.3) is 5.91 Å². The van der Waals surface area contributed by atoms with E-state index in [4.69, 9.17) is 17.3 Å². The van der Waals surface area contributed by atoms with Crippen molar-refractivity contribution in [3.63, 3.8) is 0 Å². The molecule has 0 bridgehead atoms. The largest absolute Gasteiger partial charge is 0.398 e. The summed E-state index contributed by atoms with van der Waals surface area (Å²) in [5, 5.41) is 2.21. The number of aryl methyl sites for hydroxylation is 1. The van der Waals surface area contributed by atoms with E-state index in [9.17, 15) is 13.6 Å². The van der Waals surface area contributed by atoms with Gasteiger partial charge in [-0.1, -0.05) is 23.7 Å². The molecule has 0 radical (unpaired) electrons. The Balaban J connectivity index is 2.38. The Morgan fingerprint density at radius 1 is 1.25 bits per heavy atom. The van der Waals surface area contributed by atoms with Crippen molar-refractivity contribution >= 4 is 28.9 Å². The summed E-state index contributed by atoms with van der Waals surface area (Å²) in [6.07, 6.45) is 0. The molecule has 2 rings (SSSR count). The second-order valence-corrected chi connectivity index (χ2v) is 4.59. The van der Waals surface area contributed by atoms with E-state index in [0.29, 0.717) is 0 Å². The zero-order valence-corrected chi connectivity index (χ0v) is 11.3. The van der Waals surface area contributed by atoms with Gasteiger partial charge in [0.15, 0.2) is 5.82 Å². The highest BCUT2D eigenvalue weighted by Gasteiger charge is 2.17. The first-order chi connectivity index (χ1) is 9.41. The first-order valence-electron chi connectivity index (χ1n) is 5.71. The van der Waals surface area contributed by atoms with Crippen LogP contribution in [0.3, 0.4) is 0 Å². The predicted octanol–water partition coefficient (Wildman–Crippen LogP) is 3.76. The summed E-state index contributed by atoms with van der Waals surface area (Å²) in [7, 11) is 0. The van der Waals surface area contributed by atoms with Gasteiger partial charge in [0.1, 0.15) is 11.5 Å². The summed E-state index contributed by atoms with van der Waals surface area (Å²) in [4.78, 5) is 12.0. The molecule has 2 aromatic rings. The van der Waals surface area contributed by atoms with Crippen molar-refractivity contribution in [1.82, 2.24) is 0 Å². The van der Waals surface area contributed by atoms with Gasteiger partial charge in [-0.15, -0.1) is 0 Å². The molecule has 3 nitrogen and oxygen atoms in total. The summed E-state index contributed by atoms with van der Waals surface area (Å²) in [5.41, 5.74) is 5.55. The van der Waals surface area contributed by atoms with Crippen molar-refractivity contribution in [3.8, 4) is 0 Å². The van der Waals surface area contributed by atoms with Gasteiger partial charge in [-0.05, 0) is 30.7 Å². The van der Waals surface area contributed by atoms with Crippen molar-refractivity contribution in [2.24, 2.45) is 0 Å². The van der Waals surface area contributed by atoms with Crippen molar-refractivity contribution in [1.29, 1.82) is 0 Å². The molecule has 20 heavy (non-hydrogen) atoms. The molecule has 0 fully saturated rings. The average molecular weight is 297 g/mol. The first kappa shape index (κ1) is 14.3. The van der Waals surface area contributed by atoms with Gasteiger partial charge >= 0.3 is 0 Å². The SMILES string of the molecule is Cc1ccc(F)c(NC(=O)c2cccc(N)c2Cl)c1F. The van der Waals surface area contributed by atoms with Crippen molar-refractivity contribution in [2.75, 3.05) is 11.1 Å². The lowest BCUT2D eigenvalue weighted by Crippen LogP contribution is -2.15. The lowest BCUT2D eigenvalue weighted by atomic mass is 10.1. The molecule has 0 aliphatic heterocycles. The Morgan fingerprint density at radius 3 is 2.65 bits per heavy atom. The van der Waals surface area contributed by atoms with Crippen LogP contribution in [0.2, 0.25) is 5.02 Å². The van der Waals surface area contributed by atoms with Gasteiger partial charge in [0.2, 0.25) is 0 Å². The number of nitrogens with one attached hydrogen (secondary N) is 1. The number of amides is 1. The molecule has 2 aromatic carbocycles. The minimum absolute atomic E-state index is 0.0402. The highest BCUT2D eigenvalue weighted by atomic mass is 35.5. The van der Waals surface area contributed by atoms with Crippen LogP contribution in [0.4, 0.5) is 20.2 Å². The number of carbonyl (C=O) groups excluding carboxylic acids is 1. The predicted molar refractivity (Wildman–Crippen MR) is 74.9 cm³/mol. The van der Waals surface area contributed by atoms with E-state index in [0.717, 1.165) is 6.07 Å². The molecule has 0 atom stereocenters. The average Bonchev–Trinajstić information content (AvgIpc) is 2.42. The van der Waals surface area contributed by atoms with Gasteiger partial charge in [-0.3, -0.25) is 4.79 Å². The van der Waals surface area contributed by atoms with Crippen LogP contribution in [-0.2, 0) is 0 Å².